The average Bonchev–Trinajstić information content (AvgIpc) is 2.65. The highest BCUT2D eigenvalue weighted by Crippen LogP contribution is 2.29. The summed E-state index contributed by atoms with van der Waals surface area (Å²) in [5, 5.41) is 3.92. The van der Waals surface area contributed by atoms with E-state index in [1.807, 2.05) is 19.1 Å². The van der Waals surface area contributed by atoms with Gasteiger partial charge >= 0.3 is 5.69 Å². The standard InChI is InChI=1S/C19H23ClN4O2/c1-12-15(20)8-5-9-16(12)24-17-14(18(25)22-19(24)26)10-23(11-21-17)13-6-3-2-4-7-13/h5,8-9,13,21H,2-4,6-7,10-11H2,1H3,(H,22,25,26). The van der Waals surface area contributed by atoms with Crippen molar-refractivity contribution in [2.45, 2.75) is 51.6 Å². The van der Waals surface area contributed by atoms with Gasteiger partial charge in [0.2, 0.25) is 0 Å². The van der Waals surface area contributed by atoms with E-state index in [1.54, 1.807) is 6.07 Å². The number of H-pyrrole nitrogens is 1. The summed E-state index contributed by atoms with van der Waals surface area (Å²) in [7, 11) is 0. The summed E-state index contributed by atoms with van der Waals surface area (Å²) in [5.41, 5.74) is 1.35. The van der Waals surface area contributed by atoms with Crippen molar-refractivity contribution >= 4 is 17.4 Å². The van der Waals surface area contributed by atoms with Gasteiger partial charge in [-0.1, -0.05) is 36.9 Å². The highest BCUT2D eigenvalue weighted by Gasteiger charge is 2.29. The fourth-order valence-corrected chi connectivity index (χ4v) is 4.28. The molecule has 2 N–H and O–H groups in total. The van der Waals surface area contributed by atoms with Crippen LogP contribution in [0.2, 0.25) is 5.02 Å². The zero-order valence-electron chi connectivity index (χ0n) is 14.8. The van der Waals surface area contributed by atoms with Crippen molar-refractivity contribution in [1.82, 2.24) is 14.5 Å². The molecule has 4 rings (SSSR count). The third-order valence-corrected chi connectivity index (χ3v) is 6.00. The molecular formula is C19H23ClN4O2. The maximum Gasteiger partial charge on any atom is 0.334 e. The molecule has 26 heavy (non-hydrogen) atoms. The Morgan fingerprint density at radius 3 is 2.69 bits per heavy atom. The van der Waals surface area contributed by atoms with Gasteiger partial charge in [0.25, 0.3) is 5.56 Å². The Balaban J connectivity index is 1.79. The van der Waals surface area contributed by atoms with E-state index in [4.69, 9.17) is 11.6 Å². The molecule has 6 nitrogen and oxygen atoms in total. The second-order valence-electron chi connectivity index (χ2n) is 7.18. The maximum absolute atomic E-state index is 12.6. The summed E-state index contributed by atoms with van der Waals surface area (Å²) in [5.74, 6) is 0.580. The number of aromatic nitrogens is 2. The van der Waals surface area contributed by atoms with E-state index in [1.165, 1.54) is 36.7 Å². The molecule has 0 bridgehead atoms. The highest BCUT2D eigenvalue weighted by molar-refractivity contribution is 6.31. The molecule has 138 valence electrons. The molecule has 0 saturated heterocycles. The number of halogens is 1. The highest BCUT2D eigenvalue weighted by atomic mass is 35.5. The van der Waals surface area contributed by atoms with Gasteiger partial charge in [-0.25, -0.2) is 9.36 Å². The molecule has 2 heterocycles. The first-order valence-electron chi connectivity index (χ1n) is 9.18. The van der Waals surface area contributed by atoms with E-state index in [9.17, 15) is 9.59 Å². The average molecular weight is 375 g/mol. The quantitative estimate of drug-likeness (QED) is 0.847. The van der Waals surface area contributed by atoms with Gasteiger partial charge in [-0.05, 0) is 37.5 Å². The molecule has 1 saturated carbocycles. The van der Waals surface area contributed by atoms with Crippen molar-refractivity contribution in [2.24, 2.45) is 0 Å². The molecule has 1 aromatic heterocycles. The number of hydrogen-bond donors (Lipinski definition) is 2. The Labute approximate surface area is 156 Å². The van der Waals surface area contributed by atoms with Gasteiger partial charge in [0, 0.05) is 17.6 Å². The van der Waals surface area contributed by atoms with Crippen LogP contribution in [0.15, 0.2) is 27.8 Å². The Morgan fingerprint density at radius 2 is 1.92 bits per heavy atom. The number of nitrogens with zero attached hydrogens (tertiary/aromatic N) is 2. The number of aromatic amines is 1. The first kappa shape index (κ1) is 17.4. The van der Waals surface area contributed by atoms with Crippen LogP contribution in [-0.2, 0) is 6.54 Å². The first-order valence-corrected chi connectivity index (χ1v) is 9.55. The molecule has 0 radical (unpaired) electrons. The number of rotatable bonds is 2. The number of fused-ring (bicyclic) bond motifs is 1. The zero-order valence-corrected chi connectivity index (χ0v) is 15.6. The van der Waals surface area contributed by atoms with Crippen LogP contribution in [0.1, 0.15) is 43.2 Å². The van der Waals surface area contributed by atoms with Gasteiger partial charge in [0.15, 0.2) is 0 Å². The minimum absolute atomic E-state index is 0.311. The molecular weight excluding hydrogens is 352 g/mol. The summed E-state index contributed by atoms with van der Waals surface area (Å²) in [6.45, 7) is 3.07. The summed E-state index contributed by atoms with van der Waals surface area (Å²) in [6.07, 6.45) is 6.11. The molecule has 2 aliphatic rings. The molecule has 0 atom stereocenters. The van der Waals surface area contributed by atoms with Crippen LogP contribution in [-0.4, -0.2) is 27.2 Å². The lowest BCUT2D eigenvalue weighted by atomic mass is 9.94. The lowest BCUT2D eigenvalue weighted by molar-refractivity contribution is 0.152. The van der Waals surface area contributed by atoms with Crippen LogP contribution >= 0.6 is 11.6 Å². The lowest BCUT2D eigenvalue weighted by Crippen LogP contribution is -2.47. The van der Waals surface area contributed by atoms with E-state index in [-0.39, 0.29) is 5.56 Å². The van der Waals surface area contributed by atoms with Crippen molar-refractivity contribution in [2.75, 3.05) is 12.0 Å². The molecule has 1 aliphatic carbocycles. The van der Waals surface area contributed by atoms with Crippen molar-refractivity contribution in [3.8, 4) is 5.69 Å². The minimum Gasteiger partial charge on any atom is -0.358 e. The van der Waals surface area contributed by atoms with Crippen LogP contribution in [0.25, 0.3) is 5.69 Å². The SMILES string of the molecule is Cc1c(Cl)cccc1-n1c2c(c(=O)[nH]c1=O)CN(C1CCCCC1)CN2. The molecule has 0 amide bonds. The van der Waals surface area contributed by atoms with Gasteiger partial charge in [0.05, 0.1) is 17.9 Å². The monoisotopic (exact) mass is 374 g/mol. The normalized spacial score (nSPS) is 18.4. The lowest BCUT2D eigenvalue weighted by Gasteiger charge is -2.38. The Bertz CT molecular complexity index is 944. The van der Waals surface area contributed by atoms with Crippen LogP contribution < -0.4 is 16.6 Å². The number of hydrogen-bond acceptors (Lipinski definition) is 4. The minimum atomic E-state index is -0.447. The van der Waals surface area contributed by atoms with E-state index < -0.39 is 5.69 Å². The Hall–Kier alpha value is -2.05. The summed E-state index contributed by atoms with van der Waals surface area (Å²) in [4.78, 5) is 29.9. The van der Waals surface area contributed by atoms with Crippen LogP contribution in [0.4, 0.5) is 5.82 Å². The molecule has 0 spiro atoms. The fraction of sp³-hybridized carbons (Fsp3) is 0.474. The Morgan fingerprint density at radius 1 is 1.15 bits per heavy atom. The van der Waals surface area contributed by atoms with Crippen LogP contribution in [0.5, 0.6) is 0 Å². The van der Waals surface area contributed by atoms with Crippen LogP contribution in [0.3, 0.4) is 0 Å². The van der Waals surface area contributed by atoms with Crippen molar-refractivity contribution in [3.05, 3.63) is 55.2 Å². The number of benzene rings is 1. The third-order valence-electron chi connectivity index (χ3n) is 5.59. The smallest absolute Gasteiger partial charge is 0.334 e. The molecule has 7 heteroatoms. The van der Waals surface area contributed by atoms with E-state index >= 15 is 0 Å². The third kappa shape index (κ3) is 2.97. The van der Waals surface area contributed by atoms with Crippen molar-refractivity contribution in [3.63, 3.8) is 0 Å². The molecule has 1 aliphatic heterocycles. The predicted octanol–water partition coefficient (Wildman–Crippen LogP) is 3.01. The fourth-order valence-electron chi connectivity index (χ4n) is 4.11. The summed E-state index contributed by atoms with van der Waals surface area (Å²) in [6, 6.07) is 5.95. The topological polar surface area (TPSA) is 70.1 Å². The van der Waals surface area contributed by atoms with Crippen LogP contribution in [0, 0.1) is 6.92 Å². The van der Waals surface area contributed by atoms with E-state index in [0.29, 0.717) is 41.3 Å². The summed E-state index contributed by atoms with van der Waals surface area (Å²) >= 11 is 6.24. The van der Waals surface area contributed by atoms with Gasteiger partial charge < -0.3 is 5.32 Å². The van der Waals surface area contributed by atoms with Gasteiger partial charge in [0.1, 0.15) is 5.82 Å². The summed E-state index contributed by atoms with van der Waals surface area (Å²) < 4.78 is 1.54. The molecule has 1 fully saturated rings. The second-order valence-corrected chi connectivity index (χ2v) is 7.59. The second kappa shape index (κ2) is 6.93. The molecule has 1 aromatic carbocycles. The van der Waals surface area contributed by atoms with E-state index in [0.717, 1.165) is 5.56 Å². The van der Waals surface area contributed by atoms with Crippen molar-refractivity contribution in [1.29, 1.82) is 0 Å². The first-order chi connectivity index (χ1) is 12.6. The van der Waals surface area contributed by atoms with Gasteiger partial charge in [-0.15, -0.1) is 0 Å². The predicted molar refractivity (Wildman–Crippen MR) is 103 cm³/mol. The number of nitrogens with one attached hydrogen (secondary N) is 2. The zero-order chi connectivity index (χ0) is 18.3. The molecule has 2 aromatic rings. The number of anilines is 1. The largest absolute Gasteiger partial charge is 0.358 e. The molecule has 0 unspecified atom stereocenters. The van der Waals surface area contributed by atoms with Gasteiger partial charge in [-0.3, -0.25) is 14.7 Å². The van der Waals surface area contributed by atoms with Crippen molar-refractivity contribution < 1.29 is 0 Å². The van der Waals surface area contributed by atoms with Gasteiger partial charge in [-0.2, -0.15) is 0 Å². The van der Waals surface area contributed by atoms with E-state index in [2.05, 4.69) is 15.2 Å². The Kier molecular flexibility index (Phi) is 4.63. The maximum atomic E-state index is 12.6.